The maximum absolute atomic E-state index is 16.0. The zero-order valence-corrected chi connectivity index (χ0v) is 21.5. The van der Waals surface area contributed by atoms with Crippen LogP contribution < -0.4 is 9.46 Å². The fourth-order valence-electron chi connectivity index (χ4n) is 4.54. The lowest BCUT2D eigenvalue weighted by Crippen LogP contribution is -2.17. The summed E-state index contributed by atoms with van der Waals surface area (Å²) in [4.78, 5) is 8.36. The zero-order chi connectivity index (χ0) is 25.3. The maximum atomic E-state index is 16.0. The highest BCUT2D eigenvalue weighted by Gasteiger charge is 2.30. The van der Waals surface area contributed by atoms with Gasteiger partial charge in [0.2, 0.25) is 0 Å². The Labute approximate surface area is 212 Å². The molecule has 186 valence electrons. The molecule has 1 aliphatic rings. The van der Waals surface area contributed by atoms with E-state index >= 15 is 4.39 Å². The van der Waals surface area contributed by atoms with Crippen molar-refractivity contribution in [1.82, 2.24) is 0 Å². The van der Waals surface area contributed by atoms with Crippen molar-refractivity contribution < 1.29 is 19.0 Å². The smallest absolute Gasteiger partial charge is 0.290 e. The molecule has 2 N–H and O–H groups in total. The van der Waals surface area contributed by atoms with Crippen LogP contribution in [-0.2, 0) is 22.6 Å². The predicted molar refractivity (Wildman–Crippen MR) is 144 cm³/mol. The Balaban J connectivity index is 0.00000108. The first-order valence-corrected chi connectivity index (χ1v) is 13.0. The Bertz CT molecular complexity index is 1120. The van der Waals surface area contributed by atoms with Crippen LogP contribution in [0.4, 0.5) is 10.1 Å². The van der Waals surface area contributed by atoms with Gasteiger partial charge in [0.25, 0.3) is 6.47 Å². The fraction of sp³-hybridized carbons (Fsp3) is 0.345. The predicted octanol–water partition coefficient (Wildman–Crippen LogP) is 7.93. The van der Waals surface area contributed by atoms with E-state index in [-0.39, 0.29) is 6.47 Å². The summed E-state index contributed by atoms with van der Waals surface area (Å²) in [5.41, 5.74) is 5.96. The monoisotopic (exact) mass is 495 g/mol. The maximum Gasteiger partial charge on any atom is 0.290 e. The van der Waals surface area contributed by atoms with Crippen LogP contribution in [-0.4, -0.2) is 18.2 Å². The van der Waals surface area contributed by atoms with Crippen molar-refractivity contribution in [2.24, 2.45) is 0 Å². The lowest BCUT2D eigenvalue weighted by atomic mass is 9.83. The summed E-state index contributed by atoms with van der Waals surface area (Å²) < 4.78 is 25.2. The fourth-order valence-corrected chi connectivity index (χ4v) is 5.25. The van der Waals surface area contributed by atoms with E-state index in [0.29, 0.717) is 6.42 Å². The molecular formula is C29H34FNO3S. The molecule has 0 saturated heterocycles. The summed E-state index contributed by atoms with van der Waals surface area (Å²) in [6, 6.07) is 20.8. The minimum absolute atomic E-state index is 0.250. The van der Waals surface area contributed by atoms with Crippen molar-refractivity contribution in [3.8, 4) is 16.9 Å². The van der Waals surface area contributed by atoms with Crippen molar-refractivity contribution in [3.63, 3.8) is 0 Å². The van der Waals surface area contributed by atoms with E-state index in [4.69, 9.17) is 14.6 Å². The Hall–Kier alpha value is -2.99. The van der Waals surface area contributed by atoms with Gasteiger partial charge in [0, 0.05) is 11.4 Å². The molecule has 0 radical (unpaired) electrons. The number of fused-ring (bicyclic) bond motifs is 1. The van der Waals surface area contributed by atoms with Gasteiger partial charge in [0.05, 0.1) is 6.61 Å². The second-order valence-electron chi connectivity index (χ2n) is 8.92. The quantitative estimate of drug-likeness (QED) is 0.245. The lowest BCUT2D eigenvalue weighted by Gasteiger charge is -2.27. The first-order valence-electron chi connectivity index (χ1n) is 12.0. The second-order valence-corrected chi connectivity index (χ2v) is 9.70. The summed E-state index contributed by atoms with van der Waals surface area (Å²) in [6.07, 6.45) is 3.33. The number of carbonyl (C=O) groups is 1. The molecule has 1 atom stereocenters. The average molecular weight is 496 g/mol. The van der Waals surface area contributed by atoms with Gasteiger partial charge in [-0.05, 0) is 103 Å². The van der Waals surface area contributed by atoms with E-state index < -0.39 is 5.67 Å². The summed E-state index contributed by atoms with van der Waals surface area (Å²) in [5.74, 6) is 1.82. The molecule has 0 aliphatic carbocycles. The lowest BCUT2D eigenvalue weighted by molar-refractivity contribution is -0.122. The summed E-state index contributed by atoms with van der Waals surface area (Å²) in [5, 5.41) is 6.89. The molecule has 4 nitrogen and oxygen atoms in total. The minimum atomic E-state index is -1.40. The van der Waals surface area contributed by atoms with Crippen molar-refractivity contribution in [3.05, 3.63) is 82.9 Å². The highest BCUT2D eigenvalue weighted by molar-refractivity contribution is 7.99. The van der Waals surface area contributed by atoms with Gasteiger partial charge < -0.3 is 14.6 Å². The molecule has 1 unspecified atom stereocenters. The number of hydrogen-bond donors (Lipinski definition) is 2. The molecule has 35 heavy (non-hydrogen) atoms. The first-order chi connectivity index (χ1) is 16.9. The van der Waals surface area contributed by atoms with E-state index in [0.717, 1.165) is 65.3 Å². The van der Waals surface area contributed by atoms with Crippen LogP contribution in [0.3, 0.4) is 0 Å². The molecule has 1 aliphatic heterocycles. The van der Waals surface area contributed by atoms with Gasteiger partial charge in [-0.15, -0.1) is 0 Å². The van der Waals surface area contributed by atoms with E-state index in [9.17, 15) is 0 Å². The minimum Gasteiger partial charge on any atom is -0.493 e. The van der Waals surface area contributed by atoms with Gasteiger partial charge in [-0.2, -0.15) is 0 Å². The molecule has 0 saturated carbocycles. The molecule has 0 fully saturated rings. The molecule has 0 amide bonds. The molecule has 3 aromatic carbocycles. The third-order valence-corrected chi connectivity index (χ3v) is 6.94. The van der Waals surface area contributed by atoms with E-state index in [1.54, 1.807) is 18.9 Å². The molecule has 6 heteroatoms. The number of halogens is 1. The summed E-state index contributed by atoms with van der Waals surface area (Å²) in [7, 11) is 0. The topological polar surface area (TPSA) is 58.6 Å². The number of hydrogen-bond acceptors (Lipinski definition) is 4. The van der Waals surface area contributed by atoms with Crippen LogP contribution in [0.15, 0.2) is 60.7 Å². The average Bonchev–Trinajstić information content (AvgIpc) is 2.84. The van der Waals surface area contributed by atoms with Crippen LogP contribution in [0.1, 0.15) is 55.4 Å². The number of anilines is 1. The number of rotatable bonds is 8. The number of nitrogens with one attached hydrogen (secondary N) is 1. The van der Waals surface area contributed by atoms with E-state index in [1.165, 1.54) is 11.1 Å². The van der Waals surface area contributed by atoms with E-state index in [2.05, 4.69) is 54.1 Å². The van der Waals surface area contributed by atoms with Crippen molar-refractivity contribution >= 4 is 24.1 Å². The Morgan fingerprint density at radius 1 is 1.17 bits per heavy atom. The third kappa shape index (κ3) is 7.01. The van der Waals surface area contributed by atoms with Gasteiger partial charge >= 0.3 is 0 Å². The van der Waals surface area contributed by atoms with Crippen LogP contribution in [0.25, 0.3) is 11.1 Å². The summed E-state index contributed by atoms with van der Waals surface area (Å²) in [6.45, 7) is 6.37. The van der Waals surface area contributed by atoms with Crippen molar-refractivity contribution in [2.45, 2.75) is 57.9 Å². The van der Waals surface area contributed by atoms with Gasteiger partial charge in [0.15, 0.2) is 0 Å². The molecule has 0 bridgehead atoms. The number of benzene rings is 3. The molecule has 0 aromatic heterocycles. The first kappa shape index (κ1) is 26.6. The van der Waals surface area contributed by atoms with Crippen LogP contribution in [0, 0.1) is 6.92 Å². The van der Waals surface area contributed by atoms with E-state index in [1.807, 2.05) is 25.1 Å². The molecule has 4 rings (SSSR count). The molecule has 3 aromatic rings. The van der Waals surface area contributed by atoms with Gasteiger partial charge in [0.1, 0.15) is 11.4 Å². The highest BCUT2D eigenvalue weighted by atomic mass is 32.2. The second kappa shape index (κ2) is 12.6. The zero-order valence-electron chi connectivity index (χ0n) is 20.6. The van der Waals surface area contributed by atoms with Gasteiger partial charge in [-0.25, -0.2) is 4.39 Å². The number of ether oxygens (including phenoxy) is 1. The Morgan fingerprint density at radius 3 is 2.63 bits per heavy atom. The Morgan fingerprint density at radius 2 is 1.91 bits per heavy atom. The van der Waals surface area contributed by atoms with Gasteiger partial charge in [-0.1, -0.05) is 49.7 Å². The van der Waals surface area contributed by atoms with Gasteiger partial charge in [-0.3, -0.25) is 4.79 Å². The van der Waals surface area contributed by atoms with Crippen LogP contribution in [0.5, 0.6) is 5.75 Å². The number of alkyl halides is 1. The normalized spacial score (nSPS) is 13.9. The largest absolute Gasteiger partial charge is 0.493 e. The standard InChI is InChI=1S/C28H32FNOS.CH2O2/c1-4-14-28(3,29)25-18-24(30-32-19-21-9-6-5-7-10-21)16-20(2)27(25)23-12-13-26-22(17-23)11-8-15-31-26;2-1-3/h5-7,9-10,12-13,16-18,30H,4,8,11,14-15,19H2,1-3H3;1H,(H,2,3). The SMILES string of the molecule is CCCC(C)(F)c1cc(NSCc2ccccc2)cc(C)c1-c1ccc2c(c1)CCCO2.O=CO. The summed E-state index contributed by atoms with van der Waals surface area (Å²) >= 11 is 1.63. The highest BCUT2D eigenvalue weighted by Crippen LogP contribution is 2.43. The molecule has 1 heterocycles. The molecular weight excluding hydrogens is 461 g/mol. The van der Waals surface area contributed by atoms with Crippen molar-refractivity contribution in [1.29, 1.82) is 0 Å². The van der Waals surface area contributed by atoms with Crippen LogP contribution in [0.2, 0.25) is 0 Å². The number of aryl methyl sites for hydroxylation is 2. The Kier molecular flexibility index (Phi) is 9.61. The third-order valence-electron chi connectivity index (χ3n) is 6.09. The molecule has 0 spiro atoms. The van der Waals surface area contributed by atoms with Crippen molar-refractivity contribution in [2.75, 3.05) is 11.3 Å². The van der Waals surface area contributed by atoms with Crippen LogP contribution >= 0.6 is 11.9 Å². The number of carboxylic acid groups (broad SMARTS) is 1.